The second-order valence-electron chi connectivity index (χ2n) is 5.68. The number of rotatable bonds is 3. The fourth-order valence-electron chi connectivity index (χ4n) is 2.60. The summed E-state index contributed by atoms with van der Waals surface area (Å²) in [7, 11) is 0. The number of halogens is 1. The number of hydrogen-bond donors (Lipinski definition) is 0. The lowest BCUT2D eigenvalue weighted by atomic mass is 10.0. The maximum absolute atomic E-state index is 12.3. The first kappa shape index (κ1) is 16.1. The van der Waals surface area contributed by atoms with E-state index in [1.807, 2.05) is 19.9 Å². The van der Waals surface area contributed by atoms with E-state index < -0.39 is 0 Å². The molecule has 0 saturated carbocycles. The van der Waals surface area contributed by atoms with Gasteiger partial charge in [-0.1, -0.05) is 18.5 Å². The average molecular weight is 348 g/mol. The highest BCUT2D eigenvalue weighted by Gasteiger charge is 2.33. The largest absolute Gasteiger partial charge is 0.273 e. The van der Waals surface area contributed by atoms with E-state index >= 15 is 0 Å². The number of amides is 1. The zero-order chi connectivity index (χ0) is 16.6. The van der Waals surface area contributed by atoms with E-state index in [0.717, 1.165) is 21.8 Å². The van der Waals surface area contributed by atoms with Gasteiger partial charge in [0.2, 0.25) is 5.91 Å². The van der Waals surface area contributed by atoms with Crippen LogP contribution in [0.2, 0.25) is 5.02 Å². The van der Waals surface area contributed by atoms with Crippen LogP contribution in [0.15, 0.2) is 28.8 Å². The Balaban J connectivity index is 1.96. The number of thiophene rings is 1. The van der Waals surface area contributed by atoms with Crippen molar-refractivity contribution in [2.75, 3.05) is 0 Å². The van der Waals surface area contributed by atoms with Crippen LogP contribution in [0.3, 0.4) is 0 Å². The topological polar surface area (TPSA) is 45.6 Å². The smallest absolute Gasteiger partial charge is 0.242 e. The summed E-state index contributed by atoms with van der Waals surface area (Å²) in [6.07, 6.45) is 2.90. The molecule has 1 aliphatic rings. The van der Waals surface area contributed by atoms with Gasteiger partial charge in [-0.15, -0.1) is 11.3 Å². The molecule has 6 heteroatoms. The van der Waals surface area contributed by atoms with E-state index in [1.54, 1.807) is 22.5 Å². The standard InChI is InChI=1S/C17H18ClN3OS/c1-4-17(22)21-15(12-6-13(18)11(3)19-8-12)7-14(20-21)16-5-10(2)9-23-16/h5-6,8-9,15H,4,7H2,1-3H3. The van der Waals surface area contributed by atoms with E-state index in [4.69, 9.17) is 11.6 Å². The Kier molecular flexibility index (Phi) is 4.50. The van der Waals surface area contributed by atoms with Crippen molar-refractivity contribution in [1.29, 1.82) is 0 Å². The Labute approximate surface area is 144 Å². The van der Waals surface area contributed by atoms with Crippen molar-refractivity contribution in [3.05, 3.63) is 50.4 Å². The Bertz CT molecular complexity index is 784. The highest BCUT2D eigenvalue weighted by molar-refractivity contribution is 7.12. The van der Waals surface area contributed by atoms with E-state index in [-0.39, 0.29) is 11.9 Å². The van der Waals surface area contributed by atoms with Gasteiger partial charge in [0.05, 0.1) is 27.3 Å². The number of hydrazone groups is 1. The Morgan fingerprint density at radius 2 is 2.22 bits per heavy atom. The van der Waals surface area contributed by atoms with Crippen LogP contribution in [0.4, 0.5) is 0 Å². The first-order chi connectivity index (χ1) is 11.0. The molecule has 3 heterocycles. The van der Waals surface area contributed by atoms with Crippen molar-refractivity contribution in [1.82, 2.24) is 9.99 Å². The zero-order valence-corrected chi connectivity index (χ0v) is 14.9. The molecule has 2 aromatic rings. The first-order valence-electron chi connectivity index (χ1n) is 7.56. The summed E-state index contributed by atoms with van der Waals surface area (Å²) in [5.41, 5.74) is 3.88. The summed E-state index contributed by atoms with van der Waals surface area (Å²) in [6.45, 7) is 5.78. The second kappa shape index (κ2) is 6.42. The molecule has 0 aromatic carbocycles. The van der Waals surface area contributed by atoms with Gasteiger partial charge < -0.3 is 0 Å². The lowest BCUT2D eigenvalue weighted by Crippen LogP contribution is -2.26. The predicted molar refractivity (Wildman–Crippen MR) is 94.1 cm³/mol. The fourth-order valence-corrected chi connectivity index (χ4v) is 3.67. The van der Waals surface area contributed by atoms with E-state index in [0.29, 0.717) is 17.9 Å². The SMILES string of the molecule is CCC(=O)N1N=C(c2cc(C)cs2)CC1c1cnc(C)c(Cl)c1. The highest BCUT2D eigenvalue weighted by atomic mass is 35.5. The van der Waals surface area contributed by atoms with Gasteiger partial charge in [-0.2, -0.15) is 5.10 Å². The van der Waals surface area contributed by atoms with Crippen molar-refractivity contribution in [3.8, 4) is 0 Å². The summed E-state index contributed by atoms with van der Waals surface area (Å²) in [5.74, 6) is 0.00924. The lowest BCUT2D eigenvalue weighted by molar-refractivity contribution is -0.132. The molecule has 0 spiro atoms. The summed E-state index contributed by atoms with van der Waals surface area (Å²) in [6, 6.07) is 3.87. The molecule has 4 nitrogen and oxygen atoms in total. The quantitative estimate of drug-likeness (QED) is 0.820. The molecular weight excluding hydrogens is 330 g/mol. The number of nitrogens with zero attached hydrogens (tertiary/aromatic N) is 3. The second-order valence-corrected chi connectivity index (χ2v) is 7.00. The van der Waals surface area contributed by atoms with Crippen LogP contribution in [-0.2, 0) is 4.79 Å². The molecule has 0 N–H and O–H groups in total. The van der Waals surface area contributed by atoms with Crippen molar-refractivity contribution < 1.29 is 4.79 Å². The monoisotopic (exact) mass is 347 g/mol. The lowest BCUT2D eigenvalue weighted by Gasteiger charge is -2.21. The molecule has 1 atom stereocenters. The number of carbonyl (C=O) groups excluding carboxylic acids is 1. The molecule has 1 unspecified atom stereocenters. The van der Waals surface area contributed by atoms with Crippen LogP contribution < -0.4 is 0 Å². The molecule has 3 rings (SSSR count). The molecule has 1 aliphatic heterocycles. The Hall–Kier alpha value is -1.72. The minimum atomic E-state index is -0.134. The number of aryl methyl sites for hydroxylation is 2. The van der Waals surface area contributed by atoms with E-state index in [1.165, 1.54) is 5.56 Å². The summed E-state index contributed by atoms with van der Waals surface area (Å²) < 4.78 is 0. The zero-order valence-electron chi connectivity index (χ0n) is 13.3. The predicted octanol–water partition coefficient (Wildman–Crippen LogP) is 4.50. The van der Waals surface area contributed by atoms with Gasteiger partial charge in [0.15, 0.2) is 0 Å². The summed E-state index contributed by atoms with van der Waals surface area (Å²) in [4.78, 5) is 17.7. The third-order valence-corrected chi connectivity index (χ3v) is 5.39. The van der Waals surface area contributed by atoms with Gasteiger partial charge >= 0.3 is 0 Å². The van der Waals surface area contributed by atoms with Gasteiger partial charge in [-0.25, -0.2) is 5.01 Å². The van der Waals surface area contributed by atoms with Gasteiger partial charge in [0, 0.05) is 19.0 Å². The number of pyridine rings is 1. The molecule has 0 aliphatic carbocycles. The third-order valence-electron chi connectivity index (χ3n) is 3.91. The van der Waals surface area contributed by atoms with Gasteiger partial charge in [-0.3, -0.25) is 9.78 Å². The first-order valence-corrected chi connectivity index (χ1v) is 8.82. The van der Waals surface area contributed by atoms with E-state index in [9.17, 15) is 4.79 Å². The number of hydrogen-bond acceptors (Lipinski definition) is 4. The van der Waals surface area contributed by atoms with Crippen molar-refractivity contribution in [2.24, 2.45) is 5.10 Å². The third kappa shape index (κ3) is 3.16. The number of carbonyl (C=O) groups is 1. The van der Waals surface area contributed by atoms with Crippen LogP contribution in [-0.4, -0.2) is 21.6 Å². The Morgan fingerprint density at radius 1 is 1.43 bits per heavy atom. The molecular formula is C17H18ClN3OS. The molecule has 0 bridgehead atoms. The van der Waals surface area contributed by atoms with Crippen molar-refractivity contribution >= 4 is 34.6 Å². The molecule has 0 saturated heterocycles. The molecule has 1 amide bonds. The Morgan fingerprint density at radius 3 is 2.83 bits per heavy atom. The molecule has 2 aromatic heterocycles. The van der Waals surface area contributed by atoms with E-state index in [2.05, 4.69) is 28.5 Å². The molecule has 0 radical (unpaired) electrons. The van der Waals surface area contributed by atoms with Gasteiger partial charge in [0.1, 0.15) is 0 Å². The van der Waals surface area contributed by atoms with Crippen LogP contribution >= 0.6 is 22.9 Å². The molecule has 23 heavy (non-hydrogen) atoms. The van der Waals surface area contributed by atoms with Crippen molar-refractivity contribution in [2.45, 2.75) is 39.7 Å². The minimum Gasteiger partial charge on any atom is -0.273 e. The van der Waals surface area contributed by atoms with Crippen LogP contribution in [0.25, 0.3) is 0 Å². The number of aromatic nitrogens is 1. The highest BCUT2D eigenvalue weighted by Crippen LogP contribution is 2.35. The van der Waals surface area contributed by atoms with Gasteiger partial charge in [0.25, 0.3) is 0 Å². The average Bonchev–Trinajstić information content (AvgIpc) is 3.15. The van der Waals surface area contributed by atoms with Crippen LogP contribution in [0.5, 0.6) is 0 Å². The molecule has 0 fully saturated rings. The van der Waals surface area contributed by atoms with Gasteiger partial charge in [-0.05, 0) is 42.5 Å². The summed E-state index contributed by atoms with van der Waals surface area (Å²) >= 11 is 7.87. The van der Waals surface area contributed by atoms with Crippen LogP contribution in [0, 0.1) is 13.8 Å². The normalized spacial score (nSPS) is 17.5. The van der Waals surface area contributed by atoms with Crippen LogP contribution in [0.1, 0.15) is 47.5 Å². The van der Waals surface area contributed by atoms with Crippen molar-refractivity contribution in [3.63, 3.8) is 0 Å². The maximum Gasteiger partial charge on any atom is 0.242 e. The molecule has 120 valence electrons. The summed E-state index contributed by atoms with van der Waals surface area (Å²) in [5, 5.41) is 8.90. The fraction of sp³-hybridized carbons (Fsp3) is 0.353. The minimum absolute atomic E-state index is 0.00924. The maximum atomic E-state index is 12.3.